The van der Waals surface area contributed by atoms with Crippen molar-refractivity contribution in [3.8, 4) is 5.75 Å². The first-order valence-corrected chi connectivity index (χ1v) is 6.71. The van der Waals surface area contributed by atoms with E-state index in [1.807, 2.05) is 19.9 Å². The van der Waals surface area contributed by atoms with Crippen molar-refractivity contribution in [1.82, 2.24) is 5.32 Å². The highest BCUT2D eigenvalue weighted by molar-refractivity contribution is 5.46. The lowest BCUT2D eigenvalue weighted by atomic mass is 9.85. The van der Waals surface area contributed by atoms with E-state index in [1.165, 1.54) is 7.11 Å². The molecule has 1 heterocycles. The second-order valence-corrected chi connectivity index (χ2v) is 5.31. The molecule has 0 aliphatic carbocycles. The molecule has 1 saturated heterocycles. The first-order chi connectivity index (χ1) is 8.96. The number of piperidine rings is 1. The summed E-state index contributed by atoms with van der Waals surface area (Å²) in [5.74, 6) is -3.11. The lowest BCUT2D eigenvalue weighted by Crippen LogP contribution is -2.36. The van der Waals surface area contributed by atoms with Crippen molar-refractivity contribution in [2.24, 2.45) is 5.92 Å². The van der Waals surface area contributed by atoms with Gasteiger partial charge in [-0.1, -0.05) is 11.6 Å². The Hall–Kier alpha value is -1.16. The summed E-state index contributed by atoms with van der Waals surface area (Å²) < 4.78 is 34.7. The lowest BCUT2D eigenvalue weighted by Gasteiger charge is -2.32. The number of halogens is 2. The number of alkyl halides is 2. The minimum Gasteiger partial charge on any atom is -0.496 e. The number of methoxy groups -OCH3 is 1. The van der Waals surface area contributed by atoms with Gasteiger partial charge in [0.1, 0.15) is 5.75 Å². The summed E-state index contributed by atoms with van der Waals surface area (Å²) >= 11 is 0. The molecule has 1 aromatic carbocycles. The third-order valence-electron chi connectivity index (χ3n) is 3.83. The van der Waals surface area contributed by atoms with E-state index in [0.717, 1.165) is 11.1 Å². The fourth-order valence-electron chi connectivity index (χ4n) is 2.88. The molecule has 106 valence electrons. The Balaban J connectivity index is 2.43. The van der Waals surface area contributed by atoms with Gasteiger partial charge in [0, 0.05) is 5.92 Å². The van der Waals surface area contributed by atoms with E-state index in [4.69, 9.17) is 4.74 Å². The summed E-state index contributed by atoms with van der Waals surface area (Å²) in [6.07, 6.45) is 1.01. The summed E-state index contributed by atoms with van der Waals surface area (Å²) in [5.41, 5.74) is 1.66. The first kappa shape index (κ1) is 14.3. The Morgan fingerprint density at radius 2 is 1.84 bits per heavy atom. The van der Waals surface area contributed by atoms with Crippen LogP contribution >= 0.6 is 0 Å². The average molecular weight is 269 g/mol. The number of rotatable bonds is 3. The van der Waals surface area contributed by atoms with Crippen LogP contribution in [0.2, 0.25) is 0 Å². The average Bonchev–Trinajstić information content (AvgIpc) is 2.39. The van der Waals surface area contributed by atoms with Crippen LogP contribution in [0.25, 0.3) is 0 Å². The highest BCUT2D eigenvalue weighted by Crippen LogP contribution is 2.45. The molecule has 2 nitrogen and oxygen atoms in total. The fourth-order valence-corrected chi connectivity index (χ4v) is 2.88. The Labute approximate surface area is 113 Å². The number of hydrogen-bond acceptors (Lipinski definition) is 2. The van der Waals surface area contributed by atoms with Gasteiger partial charge in [-0.05, 0) is 51.4 Å². The molecular formula is C15H21F2NO. The van der Waals surface area contributed by atoms with Crippen LogP contribution in [0.1, 0.15) is 29.5 Å². The molecule has 0 unspecified atom stereocenters. The molecule has 0 atom stereocenters. The predicted molar refractivity (Wildman–Crippen MR) is 72.0 cm³/mol. The van der Waals surface area contributed by atoms with Crippen molar-refractivity contribution in [1.29, 1.82) is 0 Å². The molecular weight excluding hydrogens is 248 g/mol. The van der Waals surface area contributed by atoms with Gasteiger partial charge in [-0.15, -0.1) is 0 Å². The van der Waals surface area contributed by atoms with E-state index >= 15 is 0 Å². The smallest absolute Gasteiger partial charge is 0.279 e. The van der Waals surface area contributed by atoms with Gasteiger partial charge in [0.25, 0.3) is 5.92 Å². The fraction of sp³-hybridized carbons (Fsp3) is 0.600. The number of nitrogens with one attached hydrogen (secondary N) is 1. The summed E-state index contributed by atoms with van der Waals surface area (Å²) in [7, 11) is 1.46. The van der Waals surface area contributed by atoms with Crippen molar-refractivity contribution in [2.75, 3.05) is 20.2 Å². The van der Waals surface area contributed by atoms with Gasteiger partial charge >= 0.3 is 0 Å². The molecule has 1 N–H and O–H groups in total. The summed E-state index contributed by atoms with van der Waals surface area (Å²) in [6, 6.07) is 3.44. The second kappa shape index (κ2) is 5.45. The number of benzene rings is 1. The van der Waals surface area contributed by atoms with E-state index in [0.29, 0.717) is 31.7 Å². The topological polar surface area (TPSA) is 21.3 Å². The van der Waals surface area contributed by atoms with Crippen LogP contribution in [0.3, 0.4) is 0 Å². The van der Waals surface area contributed by atoms with Crippen LogP contribution in [0.5, 0.6) is 5.75 Å². The van der Waals surface area contributed by atoms with Crippen LogP contribution in [0.4, 0.5) is 8.78 Å². The van der Waals surface area contributed by atoms with Crippen molar-refractivity contribution >= 4 is 0 Å². The van der Waals surface area contributed by atoms with Crippen LogP contribution in [0, 0.1) is 19.8 Å². The van der Waals surface area contributed by atoms with E-state index in [2.05, 4.69) is 5.32 Å². The second-order valence-electron chi connectivity index (χ2n) is 5.31. The third kappa shape index (κ3) is 2.73. The summed E-state index contributed by atoms with van der Waals surface area (Å²) in [5, 5.41) is 3.13. The zero-order chi connectivity index (χ0) is 14.0. The lowest BCUT2D eigenvalue weighted by molar-refractivity contribution is -0.0769. The Morgan fingerprint density at radius 1 is 1.21 bits per heavy atom. The molecule has 0 radical (unpaired) electrons. The number of hydrogen-bond donors (Lipinski definition) is 1. The Morgan fingerprint density at radius 3 is 2.42 bits per heavy atom. The molecule has 0 amide bonds. The number of aryl methyl sites for hydroxylation is 2. The van der Waals surface area contributed by atoms with Gasteiger partial charge in [0.2, 0.25) is 0 Å². The van der Waals surface area contributed by atoms with Crippen molar-refractivity contribution in [3.63, 3.8) is 0 Å². The molecule has 19 heavy (non-hydrogen) atoms. The standard InChI is InChI=1S/C15H21F2NO/c1-10-8-11(2)14(19-3)13(9-10)15(16,17)12-4-6-18-7-5-12/h8-9,12,18H,4-7H2,1-3H3. The summed E-state index contributed by atoms with van der Waals surface area (Å²) in [4.78, 5) is 0. The number of ether oxygens (including phenoxy) is 1. The maximum absolute atomic E-state index is 14.7. The minimum absolute atomic E-state index is 0.0411. The molecule has 0 saturated carbocycles. The van der Waals surface area contributed by atoms with Gasteiger partial charge in [0.15, 0.2) is 0 Å². The molecule has 4 heteroatoms. The highest BCUT2D eigenvalue weighted by atomic mass is 19.3. The van der Waals surface area contributed by atoms with Crippen molar-refractivity contribution < 1.29 is 13.5 Å². The largest absolute Gasteiger partial charge is 0.496 e. The van der Waals surface area contributed by atoms with Crippen LogP contribution < -0.4 is 10.1 Å². The monoisotopic (exact) mass is 269 g/mol. The molecule has 1 aliphatic rings. The maximum atomic E-state index is 14.7. The Kier molecular flexibility index (Phi) is 4.09. The molecule has 0 spiro atoms. The normalized spacial score (nSPS) is 17.5. The zero-order valence-corrected chi connectivity index (χ0v) is 11.7. The van der Waals surface area contributed by atoms with Crippen LogP contribution in [-0.2, 0) is 5.92 Å². The van der Waals surface area contributed by atoms with E-state index < -0.39 is 11.8 Å². The highest BCUT2D eigenvalue weighted by Gasteiger charge is 2.44. The van der Waals surface area contributed by atoms with Gasteiger partial charge in [0.05, 0.1) is 12.7 Å². The van der Waals surface area contributed by atoms with Crippen molar-refractivity contribution in [2.45, 2.75) is 32.6 Å². The molecule has 0 bridgehead atoms. The molecule has 2 rings (SSSR count). The third-order valence-corrected chi connectivity index (χ3v) is 3.83. The maximum Gasteiger partial charge on any atom is 0.279 e. The van der Waals surface area contributed by atoms with Gasteiger partial charge < -0.3 is 10.1 Å². The molecule has 1 aromatic rings. The zero-order valence-electron chi connectivity index (χ0n) is 11.7. The van der Waals surface area contributed by atoms with Crippen molar-refractivity contribution in [3.05, 3.63) is 28.8 Å². The van der Waals surface area contributed by atoms with Crippen LogP contribution in [0.15, 0.2) is 12.1 Å². The predicted octanol–water partition coefficient (Wildman–Crippen LogP) is 3.40. The minimum atomic E-state index is -2.83. The van der Waals surface area contributed by atoms with E-state index in [-0.39, 0.29) is 5.56 Å². The van der Waals surface area contributed by atoms with Gasteiger partial charge in [-0.25, -0.2) is 8.78 Å². The van der Waals surface area contributed by atoms with Gasteiger partial charge in [-0.3, -0.25) is 0 Å². The quantitative estimate of drug-likeness (QED) is 0.908. The summed E-state index contributed by atoms with van der Waals surface area (Å²) in [6.45, 7) is 4.98. The van der Waals surface area contributed by atoms with E-state index in [1.54, 1.807) is 6.07 Å². The SMILES string of the molecule is COc1c(C)cc(C)cc1C(F)(F)C1CCNCC1. The van der Waals surface area contributed by atoms with Crippen LogP contribution in [-0.4, -0.2) is 20.2 Å². The first-order valence-electron chi connectivity index (χ1n) is 6.71. The van der Waals surface area contributed by atoms with E-state index in [9.17, 15) is 8.78 Å². The molecule has 1 aliphatic heterocycles. The van der Waals surface area contributed by atoms with Gasteiger partial charge in [-0.2, -0.15) is 0 Å². The molecule has 0 aromatic heterocycles. The Bertz CT molecular complexity index is 454. The molecule has 1 fully saturated rings.